The lowest BCUT2D eigenvalue weighted by molar-refractivity contribution is -0.137. The van der Waals surface area contributed by atoms with Crippen LogP contribution in [0.25, 0.3) is 0 Å². The highest BCUT2D eigenvalue weighted by atomic mass is 16.5. The summed E-state index contributed by atoms with van der Waals surface area (Å²) in [6, 6.07) is 3.07. The maximum atomic E-state index is 12.0. The molecular weight excluding hydrogens is 276 g/mol. The number of nitrogens with zero attached hydrogens (tertiary/aromatic N) is 1. The second kappa shape index (κ2) is 8.08. The van der Waals surface area contributed by atoms with Gasteiger partial charge in [0.05, 0.1) is 6.42 Å². The van der Waals surface area contributed by atoms with Gasteiger partial charge in [-0.2, -0.15) is 0 Å². The molecule has 1 rings (SSSR count). The molecule has 7 nitrogen and oxygen atoms in total. The number of carboxylic acid groups (broad SMARTS) is 1. The minimum atomic E-state index is -0.985. The van der Waals surface area contributed by atoms with Gasteiger partial charge in [-0.15, -0.1) is 0 Å². The Balaban J connectivity index is 2.63. The fraction of sp³-hybridized carbons (Fsp3) is 0.500. The Hall–Kier alpha value is -2.31. The number of carboxylic acids is 1. The molecular formula is C14H20N2O5. The van der Waals surface area contributed by atoms with Crippen molar-refractivity contribution in [2.24, 2.45) is 0 Å². The number of aromatic nitrogens is 1. The van der Waals surface area contributed by atoms with Gasteiger partial charge in [-0.1, -0.05) is 6.92 Å². The van der Waals surface area contributed by atoms with Crippen LogP contribution in [0.3, 0.4) is 0 Å². The van der Waals surface area contributed by atoms with Crippen molar-refractivity contribution in [3.05, 3.63) is 28.7 Å². The summed E-state index contributed by atoms with van der Waals surface area (Å²) in [6.45, 7) is 3.64. The number of carbonyl (C=O) groups excluding carboxylic acids is 1. The number of aliphatic carboxylic acids is 1. The largest absolute Gasteiger partial charge is 0.481 e. The summed E-state index contributed by atoms with van der Waals surface area (Å²) < 4.78 is 6.44. The third kappa shape index (κ3) is 5.68. The van der Waals surface area contributed by atoms with Gasteiger partial charge < -0.3 is 19.7 Å². The van der Waals surface area contributed by atoms with Crippen LogP contribution in [0.4, 0.5) is 0 Å². The smallest absolute Gasteiger partial charge is 0.305 e. The molecule has 116 valence electrons. The van der Waals surface area contributed by atoms with Crippen LogP contribution in [0.5, 0.6) is 5.75 Å². The molecule has 1 unspecified atom stereocenters. The van der Waals surface area contributed by atoms with Gasteiger partial charge in [0.2, 0.25) is 0 Å². The first-order chi connectivity index (χ1) is 9.93. The molecule has 0 saturated carbocycles. The van der Waals surface area contributed by atoms with Crippen molar-refractivity contribution in [1.82, 2.24) is 9.88 Å². The van der Waals surface area contributed by atoms with Crippen LogP contribution >= 0.6 is 0 Å². The predicted octanol–water partition coefficient (Wildman–Crippen LogP) is 0.616. The first-order valence-corrected chi connectivity index (χ1v) is 6.77. The molecule has 1 aromatic rings. The number of ether oxygens (including phenoxy) is 1. The van der Waals surface area contributed by atoms with Crippen molar-refractivity contribution in [2.45, 2.75) is 39.3 Å². The predicted molar refractivity (Wildman–Crippen MR) is 76.3 cm³/mol. The summed E-state index contributed by atoms with van der Waals surface area (Å²) in [7, 11) is 0. The third-order valence-electron chi connectivity index (χ3n) is 2.93. The number of hydrogen-bond acceptors (Lipinski definition) is 4. The molecule has 0 fully saturated rings. The Labute approximate surface area is 122 Å². The van der Waals surface area contributed by atoms with Gasteiger partial charge in [0.1, 0.15) is 0 Å². The van der Waals surface area contributed by atoms with E-state index in [1.165, 1.54) is 16.8 Å². The lowest BCUT2D eigenvalue weighted by atomic mass is 10.2. The van der Waals surface area contributed by atoms with Gasteiger partial charge in [-0.25, -0.2) is 0 Å². The number of amides is 1. The van der Waals surface area contributed by atoms with Gasteiger partial charge >= 0.3 is 5.97 Å². The van der Waals surface area contributed by atoms with Gasteiger partial charge in [-0.3, -0.25) is 14.4 Å². The Bertz CT molecular complexity index is 553. The van der Waals surface area contributed by atoms with E-state index in [4.69, 9.17) is 9.84 Å². The standard InChI is InChI=1S/C14H20N2O5/c1-3-10(2)15-12(17)9-21-11-5-4-7-16(14(11)20)8-6-13(18)19/h4-5,7,10H,3,6,8-9H2,1-2H3,(H,15,17)(H,18,19). The first kappa shape index (κ1) is 16.7. The summed E-state index contributed by atoms with van der Waals surface area (Å²) in [5.41, 5.74) is -0.449. The quantitative estimate of drug-likeness (QED) is 0.732. The zero-order valence-corrected chi connectivity index (χ0v) is 12.2. The molecule has 0 aliphatic heterocycles. The van der Waals surface area contributed by atoms with Crippen LogP contribution in [0, 0.1) is 0 Å². The lowest BCUT2D eigenvalue weighted by Gasteiger charge is -2.12. The van der Waals surface area contributed by atoms with Crippen LogP contribution in [0.1, 0.15) is 26.7 Å². The fourth-order valence-corrected chi connectivity index (χ4v) is 1.58. The average Bonchev–Trinajstić information content (AvgIpc) is 2.44. The van der Waals surface area contributed by atoms with E-state index in [0.29, 0.717) is 0 Å². The summed E-state index contributed by atoms with van der Waals surface area (Å²) in [4.78, 5) is 34.1. The molecule has 0 aliphatic rings. The SMILES string of the molecule is CCC(C)NC(=O)COc1cccn(CCC(=O)O)c1=O. The van der Waals surface area contributed by atoms with Crippen LogP contribution < -0.4 is 15.6 Å². The summed E-state index contributed by atoms with van der Waals surface area (Å²) in [6.07, 6.45) is 2.13. The highest BCUT2D eigenvalue weighted by Gasteiger charge is 2.10. The minimum Gasteiger partial charge on any atom is -0.481 e. The maximum absolute atomic E-state index is 12.0. The number of hydrogen-bond donors (Lipinski definition) is 2. The lowest BCUT2D eigenvalue weighted by Crippen LogP contribution is -2.36. The zero-order chi connectivity index (χ0) is 15.8. The molecule has 0 aromatic carbocycles. The topological polar surface area (TPSA) is 97.6 Å². The highest BCUT2D eigenvalue weighted by molar-refractivity contribution is 5.77. The molecule has 0 radical (unpaired) electrons. The van der Waals surface area contributed by atoms with Crippen molar-refractivity contribution in [1.29, 1.82) is 0 Å². The molecule has 0 bridgehead atoms. The van der Waals surface area contributed by atoms with E-state index in [0.717, 1.165) is 6.42 Å². The molecule has 21 heavy (non-hydrogen) atoms. The second-order valence-corrected chi connectivity index (χ2v) is 4.68. The Morgan fingerprint density at radius 1 is 1.48 bits per heavy atom. The van der Waals surface area contributed by atoms with E-state index in [-0.39, 0.29) is 37.3 Å². The monoisotopic (exact) mass is 296 g/mol. The molecule has 7 heteroatoms. The molecule has 0 aliphatic carbocycles. The Kier molecular flexibility index (Phi) is 6.45. The number of nitrogens with one attached hydrogen (secondary N) is 1. The Morgan fingerprint density at radius 2 is 2.19 bits per heavy atom. The van der Waals surface area contributed by atoms with Crippen LogP contribution in [-0.4, -0.2) is 34.2 Å². The number of aryl methyl sites for hydroxylation is 1. The molecule has 2 N–H and O–H groups in total. The molecule has 0 spiro atoms. The van der Waals surface area contributed by atoms with Crippen molar-refractivity contribution >= 4 is 11.9 Å². The van der Waals surface area contributed by atoms with Crippen LogP contribution in [0.2, 0.25) is 0 Å². The van der Waals surface area contributed by atoms with Gasteiger partial charge in [0.15, 0.2) is 12.4 Å². The maximum Gasteiger partial charge on any atom is 0.305 e. The number of carbonyl (C=O) groups is 2. The fourth-order valence-electron chi connectivity index (χ4n) is 1.58. The Morgan fingerprint density at radius 3 is 2.81 bits per heavy atom. The van der Waals surface area contributed by atoms with Crippen LogP contribution in [0.15, 0.2) is 23.1 Å². The summed E-state index contributed by atoms with van der Waals surface area (Å²) >= 11 is 0. The zero-order valence-electron chi connectivity index (χ0n) is 12.2. The summed E-state index contributed by atoms with van der Waals surface area (Å²) in [5.74, 6) is -1.26. The van der Waals surface area contributed by atoms with E-state index in [2.05, 4.69) is 5.32 Å². The molecule has 0 saturated heterocycles. The van der Waals surface area contributed by atoms with E-state index in [9.17, 15) is 14.4 Å². The molecule has 1 heterocycles. The van der Waals surface area contributed by atoms with Gasteiger partial charge in [0.25, 0.3) is 11.5 Å². The number of pyridine rings is 1. The van der Waals surface area contributed by atoms with E-state index in [1.54, 1.807) is 6.07 Å². The first-order valence-electron chi connectivity index (χ1n) is 6.77. The molecule has 1 aromatic heterocycles. The normalized spacial score (nSPS) is 11.7. The molecule has 1 atom stereocenters. The molecule has 1 amide bonds. The third-order valence-corrected chi connectivity index (χ3v) is 2.93. The second-order valence-electron chi connectivity index (χ2n) is 4.68. The minimum absolute atomic E-state index is 0.0298. The van der Waals surface area contributed by atoms with E-state index < -0.39 is 11.5 Å². The van der Waals surface area contributed by atoms with Crippen molar-refractivity contribution in [2.75, 3.05) is 6.61 Å². The van der Waals surface area contributed by atoms with Gasteiger partial charge in [-0.05, 0) is 25.5 Å². The summed E-state index contributed by atoms with van der Waals surface area (Å²) in [5, 5.41) is 11.3. The van der Waals surface area contributed by atoms with Crippen molar-refractivity contribution in [3.8, 4) is 5.75 Å². The highest BCUT2D eigenvalue weighted by Crippen LogP contribution is 2.02. The van der Waals surface area contributed by atoms with E-state index in [1.807, 2.05) is 13.8 Å². The van der Waals surface area contributed by atoms with E-state index >= 15 is 0 Å². The average molecular weight is 296 g/mol. The van der Waals surface area contributed by atoms with Crippen LogP contribution in [-0.2, 0) is 16.1 Å². The van der Waals surface area contributed by atoms with Crippen molar-refractivity contribution in [3.63, 3.8) is 0 Å². The van der Waals surface area contributed by atoms with Crippen molar-refractivity contribution < 1.29 is 19.4 Å². The number of rotatable bonds is 8. The van der Waals surface area contributed by atoms with Gasteiger partial charge in [0, 0.05) is 18.8 Å².